The number of benzene rings is 3. The van der Waals surface area contributed by atoms with Crippen molar-refractivity contribution in [2.24, 2.45) is 4.99 Å². The van der Waals surface area contributed by atoms with Gasteiger partial charge in [-0.1, -0.05) is 53.8 Å². The highest BCUT2D eigenvalue weighted by Gasteiger charge is 2.35. The molecule has 0 radical (unpaired) electrons. The minimum Gasteiger partial charge on any atom is -0.501 e. The molecule has 5 rings (SSSR count). The molecule has 0 bridgehead atoms. The first-order valence-corrected chi connectivity index (χ1v) is 13.8. The van der Waals surface area contributed by atoms with Gasteiger partial charge in [-0.25, -0.2) is 14.2 Å². The van der Waals surface area contributed by atoms with Crippen molar-refractivity contribution in [3.63, 3.8) is 0 Å². The zero-order chi connectivity index (χ0) is 28.6. The van der Waals surface area contributed by atoms with Crippen molar-refractivity contribution in [2.75, 3.05) is 6.61 Å². The number of thiazole rings is 1. The highest BCUT2D eigenvalue weighted by Crippen LogP contribution is 2.35. The number of hydrogen-bond donors (Lipinski definition) is 1. The zero-order valence-electron chi connectivity index (χ0n) is 20.7. The first-order valence-electron chi connectivity index (χ1n) is 11.9. The van der Waals surface area contributed by atoms with Gasteiger partial charge in [0.1, 0.15) is 5.82 Å². The van der Waals surface area contributed by atoms with Crippen LogP contribution in [0.5, 0.6) is 5.75 Å². The van der Waals surface area contributed by atoms with Gasteiger partial charge in [0.2, 0.25) is 5.75 Å². The molecule has 4 aromatic rings. The van der Waals surface area contributed by atoms with Gasteiger partial charge in [0, 0.05) is 11.6 Å². The minimum absolute atomic E-state index is 0.0865. The number of nitrogens with zero attached hydrogens (tertiary/aromatic N) is 3. The normalized spacial score (nSPS) is 15.0. The number of halogens is 2. The standard InChI is InChI=1S/C28H19FIN3O6S/c1-2-39-27(36)22-23(16-6-4-3-5-7-16)31-28-32(24(22)17-8-10-18(29)11-9-17)26(35)21(40-28)14-15-12-19(30)25(34)20(13-15)33(37)38/h3-14,24,34H,2H2,1H3/b21-14-/t24-/m0/s1. The number of esters is 1. The third kappa shape index (κ3) is 5.07. The molecule has 1 aliphatic heterocycles. The summed E-state index contributed by atoms with van der Waals surface area (Å²) in [5.74, 6) is -1.62. The Hall–Kier alpha value is -4.17. The second-order valence-electron chi connectivity index (χ2n) is 8.61. The lowest BCUT2D eigenvalue weighted by atomic mass is 9.93. The Morgan fingerprint density at radius 1 is 1.23 bits per heavy atom. The summed E-state index contributed by atoms with van der Waals surface area (Å²) in [4.78, 5) is 43.0. The first-order chi connectivity index (χ1) is 19.2. The Morgan fingerprint density at radius 2 is 1.93 bits per heavy atom. The van der Waals surface area contributed by atoms with E-state index in [0.717, 1.165) is 11.3 Å². The van der Waals surface area contributed by atoms with Crippen LogP contribution in [0.15, 0.2) is 82.1 Å². The number of ether oxygens (including phenoxy) is 1. The fourth-order valence-electron chi connectivity index (χ4n) is 4.38. The maximum absolute atomic E-state index is 13.9. The van der Waals surface area contributed by atoms with E-state index in [4.69, 9.17) is 9.73 Å². The van der Waals surface area contributed by atoms with Gasteiger partial charge < -0.3 is 9.84 Å². The van der Waals surface area contributed by atoms with Crippen molar-refractivity contribution in [2.45, 2.75) is 13.0 Å². The molecule has 0 saturated carbocycles. The largest absolute Gasteiger partial charge is 0.501 e. The lowest BCUT2D eigenvalue weighted by Crippen LogP contribution is -2.40. The number of phenols is 1. The average molecular weight is 671 g/mol. The number of fused-ring (bicyclic) bond motifs is 1. The highest BCUT2D eigenvalue weighted by molar-refractivity contribution is 14.1. The molecule has 0 spiro atoms. The van der Waals surface area contributed by atoms with Crippen LogP contribution in [0, 0.1) is 19.5 Å². The Bertz CT molecular complexity index is 1870. The number of aromatic nitrogens is 1. The summed E-state index contributed by atoms with van der Waals surface area (Å²) in [5, 5.41) is 21.5. The Balaban J connectivity index is 1.82. The van der Waals surface area contributed by atoms with Gasteiger partial charge in [0.05, 0.1) is 36.9 Å². The van der Waals surface area contributed by atoms with Crippen molar-refractivity contribution in [3.05, 3.63) is 128 Å². The van der Waals surface area contributed by atoms with Crippen LogP contribution in [0.25, 0.3) is 11.8 Å². The molecule has 3 aromatic carbocycles. The van der Waals surface area contributed by atoms with E-state index in [0.29, 0.717) is 22.4 Å². The van der Waals surface area contributed by atoms with Gasteiger partial charge in [-0.15, -0.1) is 0 Å². The third-order valence-corrected chi connectivity index (χ3v) is 7.92. The highest BCUT2D eigenvalue weighted by atomic mass is 127. The van der Waals surface area contributed by atoms with E-state index >= 15 is 0 Å². The molecule has 40 heavy (non-hydrogen) atoms. The molecule has 0 unspecified atom stereocenters. The summed E-state index contributed by atoms with van der Waals surface area (Å²) in [5.41, 5.74) is 0.855. The van der Waals surface area contributed by atoms with Crippen molar-refractivity contribution in [1.82, 2.24) is 4.57 Å². The van der Waals surface area contributed by atoms with E-state index < -0.39 is 39.7 Å². The molecular weight excluding hydrogens is 652 g/mol. The molecule has 1 N–H and O–H groups in total. The topological polar surface area (TPSA) is 124 Å². The Labute approximate surface area is 243 Å². The number of hydrogen-bond acceptors (Lipinski definition) is 8. The fourth-order valence-corrected chi connectivity index (χ4v) is 6.02. The number of phenolic OH excluding ortho intramolecular Hbond substituents is 1. The number of carbonyl (C=O) groups excluding carboxylic acids is 1. The summed E-state index contributed by atoms with van der Waals surface area (Å²) >= 11 is 2.82. The molecule has 2 heterocycles. The van der Waals surface area contributed by atoms with E-state index in [1.807, 2.05) is 6.07 Å². The van der Waals surface area contributed by atoms with Crippen LogP contribution in [0.2, 0.25) is 0 Å². The van der Waals surface area contributed by atoms with Gasteiger partial charge in [0.15, 0.2) is 4.80 Å². The van der Waals surface area contributed by atoms with E-state index in [9.17, 15) is 29.2 Å². The predicted molar refractivity (Wildman–Crippen MR) is 155 cm³/mol. The smallest absolute Gasteiger partial charge is 0.338 e. The van der Waals surface area contributed by atoms with Crippen LogP contribution in [-0.2, 0) is 9.53 Å². The van der Waals surface area contributed by atoms with Crippen molar-refractivity contribution in [3.8, 4) is 5.75 Å². The van der Waals surface area contributed by atoms with Gasteiger partial charge in [-0.3, -0.25) is 19.5 Å². The zero-order valence-corrected chi connectivity index (χ0v) is 23.7. The number of rotatable bonds is 6. The summed E-state index contributed by atoms with van der Waals surface area (Å²) in [6, 6.07) is 16.2. The lowest BCUT2D eigenvalue weighted by molar-refractivity contribution is -0.386. The van der Waals surface area contributed by atoms with Crippen LogP contribution in [0.4, 0.5) is 10.1 Å². The van der Waals surface area contributed by atoms with Crippen molar-refractivity contribution in [1.29, 1.82) is 0 Å². The molecule has 0 fully saturated rings. The van der Waals surface area contributed by atoms with Crippen LogP contribution >= 0.6 is 33.9 Å². The molecule has 0 amide bonds. The summed E-state index contributed by atoms with van der Waals surface area (Å²) in [7, 11) is 0. The van der Waals surface area contributed by atoms with Crippen LogP contribution in [0.1, 0.15) is 29.7 Å². The summed E-state index contributed by atoms with van der Waals surface area (Å²) < 4.78 is 21.1. The fraction of sp³-hybridized carbons (Fsp3) is 0.107. The van der Waals surface area contributed by atoms with Gasteiger partial charge >= 0.3 is 11.7 Å². The van der Waals surface area contributed by atoms with Crippen LogP contribution < -0.4 is 14.9 Å². The van der Waals surface area contributed by atoms with Crippen LogP contribution in [0.3, 0.4) is 0 Å². The molecule has 1 atom stereocenters. The number of nitro benzene ring substituents is 1. The van der Waals surface area contributed by atoms with Crippen LogP contribution in [-0.4, -0.2) is 27.2 Å². The second-order valence-corrected chi connectivity index (χ2v) is 10.8. The quantitative estimate of drug-likeness (QED) is 0.141. The maximum Gasteiger partial charge on any atom is 0.338 e. The summed E-state index contributed by atoms with van der Waals surface area (Å²) in [6.45, 7) is 1.75. The van der Waals surface area contributed by atoms with E-state index in [1.54, 1.807) is 53.8 Å². The van der Waals surface area contributed by atoms with E-state index in [2.05, 4.69) is 0 Å². The van der Waals surface area contributed by atoms with Gasteiger partial charge in [-0.2, -0.15) is 0 Å². The lowest BCUT2D eigenvalue weighted by Gasteiger charge is -2.25. The average Bonchev–Trinajstić information content (AvgIpc) is 3.25. The second kappa shape index (κ2) is 11.1. The molecule has 0 saturated heterocycles. The third-order valence-electron chi connectivity index (χ3n) is 6.12. The SMILES string of the molecule is CCOC(=O)C1=C(c2ccccc2)N=c2s/c(=C\c3cc(I)c(O)c([N+](=O)[O-])c3)c(=O)n2[C@H]1c1ccc(F)cc1. The molecule has 0 aliphatic carbocycles. The molecule has 9 nitrogen and oxygen atoms in total. The monoisotopic (exact) mass is 671 g/mol. The first kappa shape index (κ1) is 27.4. The molecular formula is C28H19FIN3O6S. The molecule has 12 heteroatoms. The molecule has 1 aliphatic rings. The molecule has 202 valence electrons. The van der Waals surface area contributed by atoms with Gasteiger partial charge in [0.25, 0.3) is 5.56 Å². The summed E-state index contributed by atoms with van der Waals surface area (Å²) in [6.07, 6.45) is 1.47. The number of carbonyl (C=O) groups is 1. The Kier molecular flexibility index (Phi) is 7.63. The van der Waals surface area contributed by atoms with E-state index in [1.165, 1.54) is 47.0 Å². The van der Waals surface area contributed by atoms with Crippen molar-refractivity contribution >= 4 is 57.4 Å². The Morgan fingerprint density at radius 3 is 2.58 bits per heavy atom. The number of aromatic hydroxyl groups is 1. The minimum atomic E-state index is -0.984. The molecule has 1 aromatic heterocycles. The predicted octanol–water partition coefficient (Wildman–Crippen LogP) is 4.29. The van der Waals surface area contributed by atoms with E-state index in [-0.39, 0.29) is 25.1 Å². The van der Waals surface area contributed by atoms with Gasteiger partial charge in [-0.05, 0) is 64.9 Å². The van der Waals surface area contributed by atoms with Crippen molar-refractivity contribution < 1.29 is 24.0 Å². The maximum atomic E-state index is 13.9. The number of nitro groups is 1.